The van der Waals surface area contributed by atoms with Crippen LogP contribution in [0.2, 0.25) is 0 Å². The largest absolute Gasteiger partial charge is 0.417 e. The van der Waals surface area contributed by atoms with E-state index in [1.54, 1.807) is 13.8 Å². The number of carbonyl (C=O) groups excluding carboxylic acids is 2. The summed E-state index contributed by atoms with van der Waals surface area (Å²) in [5.41, 5.74) is 0.394. The maximum Gasteiger partial charge on any atom is 0.388 e. The molecule has 0 radical (unpaired) electrons. The molecule has 11 heteroatoms. The molecule has 2 amide bonds. The quantitative estimate of drug-likeness (QED) is 0.598. The Morgan fingerprint density at radius 3 is 2.53 bits per heavy atom. The minimum absolute atomic E-state index is 0.0799. The van der Waals surface area contributed by atoms with Crippen LogP contribution in [0.5, 0.6) is 5.88 Å². The molecule has 2 aromatic heterocycles. The summed E-state index contributed by atoms with van der Waals surface area (Å²) in [7, 11) is 0. The number of ether oxygens (including phenoxy) is 1. The fraction of sp³-hybridized carbons (Fsp3) is 0.158. The van der Waals surface area contributed by atoms with Crippen molar-refractivity contribution in [2.75, 3.05) is 10.6 Å². The normalized spacial score (nSPS) is 10.7. The highest BCUT2D eigenvalue weighted by Crippen LogP contribution is 2.24. The lowest BCUT2D eigenvalue weighted by Crippen LogP contribution is -2.17. The number of nitrogens with zero attached hydrogens (tertiary/aromatic N) is 2. The van der Waals surface area contributed by atoms with Crippen LogP contribution >= 0.6 is 11.3 Å². The molecule has 0 aliphatic heterocycles. The number of halogens is 3. The van der Waals surface area contributed by atoms with Crippen molar-refractivity contribution in [3.8, 4) is 5.88 Å². The molecule has 156 valence electrons. The minimum Gasteiger partial charge on any atom is -0.417 e. The molecule has 0 saturated carbocycles. The van der Waals surface area contributed by atoms with Crippen LogP contribution in [-0.4, -0.2) is 28.4 Å². The van der Waals surface area contributed by atoms with Gasteiger partial charge in [0.25, 0.3) is 11.8 Å². The number of amides is 2. The first-order valence-corrected chi connectivity index (χ1v) is 9.30. The Kier molecular flexibility index (Phi) is 6.31. The van der Waals surface area contributed by atoms with Gasteiger partial charge in [0.05, 0.1) is 16.8 Å². The lowest BCUT2D eigenvalue weighted by molar-refractivity contribution is -0.0528. The van der Waals surface area contributed by atoms with Crippen molar-refractivity contribution in [1.82, 2.24) is 9.97 Å². The highest BCUT2D eigenvalue weighted by Gasteiger charge is 2.18. The van der Waals surface area contributed by atoms with E-state index in [1.165, 1.54) is 29.7 Å². The number of hydrogen-bond acceptors (Lipinski definition) is 6. The van der Waals surface area contributed by atoms with Crippen LogP contribution in [0.25, 0.3) is 0 Å². The monoisotopic (exact) mass is 436 g/mol. The third-order valence-corrected chi connectivity index (χ3v) is 4.77. The van der Waals surface area contributed by atoms with E-state index in [2.05, 4.69) is 25.3 Å². The third-order valence-electron chi connectivity index (χ3n) is 3.85. The summed E-state index contributed by atoms with van der Waals surface area (Å²) < 4.78 is 43.2. The predicted octanol–water partition coefficient (Wildman–Crippen LogP) is 4.40. The van der Waals surface area contributed by atoms with Crippen LogP contribution in [-0.2, 0) is 0 Å². The van der Waals surface area contributed by atoms with E-state index in [0.717, 1.165) is 18.3 Å². The summed E-state index contributed by atoms with van der Waals surface area (Å²) in [5, 5.41) is 5.72. The molecule has 3 aromatic rings. The molecule has 2 N–H and O–H groups in total. The van der Waals surface area contributed by atoms with Crippen LogP contribution in [0, 0.1) is 19.7 Å². The highest BCUT2D eigenvalue weighted by atomic mass is 32.1. The molecule has 0 unspecified atom stereocenters. The van der Waals surface area contributed by atoms with E-state index in [1.807, 2.05) is 0 Å². The van der Waals surface area contributed by atoms with Gasteiger partial charge >= 0.3 is 6.61 Å². The Balaban J connectivity index is 1.81. The van der Waals surface area contributed by atoms with E-state index in [4.69, 9.17) is 0 Å². The van der Waals surface area contributed by atoms with Gasteiger partial charge < -0.3 is 15.4 Å². The van der Waals surface area contributed by atoms with Crippen molar-refractivity contribution in [1.29, 1.82) is 0 Å². The number of aromatic nitrogens is 2. The number of benzene rings is 1. The third kappa shape index (κ3) is 5.11. The molecule has 0 bridgehead atoms. The SMILES string of the molecule is Cc1ncc(C(=O)Nc2cc(C(=O)Nc3ccnc(OC(F)F)c3)c(F)cc2C)s1. The minimum atomic E-state index is -3.08. The smallest absolute Gasteiger partial charge is 0.388 e. The van der Waals surface area contributed by atoms with Gasteiger partial charge in [-0.3, -0.25) is 9.59 Å². The fourth-order valence-corrected chi connectivity index (χ4v) is 3.15. The van der Waals surface area contributed by atoms with Crippen molar-refractivity contribution in [2.24, 2.45) is 0 Å². The zero-order valence-corrected chi connectivity index (χ0v) is 16.5. The standard InChI is InChI=1S/C19H15F3N4O3S/c1-9-5-13(20)12(7-14(9)26-18(28)15-8-24-10(2)30-15)17(27)25-11-3-4-23-16(6-11)29-19(21)22/h3-8,19H,1-2H3,(H,26,28)(H,23,25,27). The van der Waals surface area contributed by atoms with Gasteiger partial charge in [0, 0.05) is 23.6 Å². The molecule has 0 atom stereocenters. The lowest BCUT2D eigenvalue weighted by Gasteiger charge is -2.12. The van der Waals surface area contributed by atoms with Gasteiger partial charge in [0.15, 0.2) is 0 Å². The van der Waals surface area contributed by atoms with Gasteiger partial charge in [0.1, 0.15) is 10.7 Å². The van der Waals surface area contributed by atoms with Crippen LogP contribution in [0.3, 0.4) is 0 Å². The van der Waals surface area contributed by atoms with Crippen LogP contribution in [0.1, 0.15) is 30.6 Å². The van der Waals surface area contributed by atoms with Crippen molar-refractivity contribution in [3.05, 3.63) is 63.5 Å². The molecule has 2 heterocycles. The molecule has 1 aromatic carbocycles. The van der Waals surface area contributed by atoms with Gasteiger partial charge in [-0.1, -0.05) is 0 Å². The zero-order chi connectivity index (χ0) is 21.8. The second kappa shape index (κ2) is 8.91. The summed E-state index contributed by atoms with van der Waals surface area (Å²) in [6, 6.07) is 4.71. The topological polar surface area (TPSA) is 93.2 Å². The Hall–Kier alpha value is -3.47. The fourth-order valence-electron chi connectivity index (χ4n) is 2.47. The second-order valence-corrected chi connectivity index (χ2v) is 7.29. The number of rotatable bonds is 6. The molecule has 0 aliphatic rings. The molecule has 0 spiro atoms. The van der Waals surface area contributed by atoms with E-state index >= 15 is 0 Å². The van der Waals surface area contributed by atoms with Gasteiger partial charge in [0.2, 0.25) is 5.88 Å². The van der Waals surface area contributed by atoms with Crippen molar-refractivity contribution in [2.45, 2.75) is 20.5 Å². The Bertz CT molecular complexity index is 1100. The highest BCUT2D eigenvalue weighted by molar-refractivity contribution is 7.13. The number of aryl methyl sites for hydroxylation is 2. The first kappa shape index (κ1) is 21.2. The number of nitrogens with one attached hydrogen (secondary N) is 2. The second-order valence-electron chi connectivity index (χ2n) is 6.06. The summed E-state index contributed by atoms with van der Waals surface area (Å²) >= 11 is 1.19. The van der Waals surface area contributed by atoms with Crippen LogP contribution in [0.4, 0.5) is 24.5 Å². The van der Waals surface area contributed by atoms with Gasteiger partial charge in [-0.2, -0.15) is 8.78 Å². The Morgan fingerprint density at radius 1 is 1.10 bits per heavy atom. The van der Waals surface area contributed by atoms with Gasteiger partial charge in [-0.05, 0) is 37.6 Å². The first-order chi connectivity index (χ1) is 14.2. The van der Waals surface area contributed by atoms with Crippen LogP contribution < -0.4 is 15.4 Å². The summed E-state index contributed by atoms with van der Waals surface area (Å²) in [4.78, 5) is 32.8. The Labute approximate surface area is 172 Å². The maximum atomic E-state index is 14.4. The molecule has 0 saturated heterocycles. The maximum absolute atomic E-state index is 14.4. The van der Waals surface area contributed by atoms with E-state index in [0.29, 0.717) is 15.4 Å². The summed E-state index contributed by atoms with van der Waals surface area (Å²) in [6.45, 7) is 0.255. The molecule has 3 rings (SSSR count). The van der Waals surface area contributed by atoms with Crippen LogP contribution in [0.15, 0.2) is 36.7 Å². The molecule has 0 aliphatic carbocycles. The van der Waals surface area contributed by atoms with Crippen molar-refractivity contribution < 1.29 is 27.5 Å². The average molecular weight is 436 g/mol. The molecule has 0 fully saturated rings. The van der Waals surface area contributed by atoms with Crippen molar-refractivity contribution in [3.63, 3.8) is 0 Å². The summed E-state index contributed by atoms with van der Waals surface area (Å²) in [6.07, 6.45) is 2.58. The van der Waals surface area contributed by atoms with Gasteiger partial charge in [-0.25, -0.2) is 14.4 Å². The summed E-state index contributed by atoms with van der Waals surface area (Å²) in [5.74, 6) is -2.50. The number of pyridine rings is 1. The Morgan fingerprint density at radius 2 is 1.87 bits per heavy atom. The average Bonchev–Trinajstić information content (AvgIpc) is 3.10. The predicted molar refractivity (Wildman–Crippen MR) is 105 cm³/mol. The number of alkyl halides is 2. The molecular weight excluding hydrogens is 421 g/mol. The molecular formula is C19H15F3N4O3S. The van der Waals surface area contributed by atoms with E-state index in [9.17, 15) is 22.8 Å². The van der Waals surface area contributed by atoms with Gasteiger partial charge in [-0.15, -0.1) is 11.3 Å². The van der Waals surface area contributed by atoms with E-state index in [-0.39, 0.29) is 16.9 Å². The molecule has 7 nitrogen and oxygen atoms in total. The first-order valence-electron chi connectivity index (χ1n) is 8.49. The lowest BCUT2D eigenvalue weighted by atomic mass is 10.1. The van der Waals surface area contributed by atoms with E-state index < -0.39 is 30.1 Å². The number of anilines is 2. The van der Waals surface area contributed by atoms with Crippen molar-refractivity contribution >= 4 is 34.5 Å². The molecule has 30 heavy (non-hydrogen) atoms. The number of carbonyl (C=O) groups is 2. The number of hydrogen-bond donors (Lipinski definition) is 2. The zero-order valence-electron chi connectivity index (χ0n) is 15.7. The number of thiazole rings is 1.